The quantitative estimate of drug-likeness (QED) is 0.234. The minimum absolute atomic E-state index is 0.0729. The number of fused-ring (bicyclic) bond motifs is 1. The van der Waals surface area contributed by atoms with E-state index in [1.165, 1.54) is 25.7 Å². The Bertz CT molecular complexity index is 876. The molecule has 0 radical (unpaired) electrons. The van der Waals surface area contributed by atoms with E-state index in [1.807, 2.05) is 30.3 Å². The van der Waals surface area contributed by atoms with Crippen molar-refractivity contribution in [1.29, 1.82) is 0 Å². The second-order valence-electron chi connectivity index (χ2n) is 10.9. The maximum absolute atomic E-state index is 13.8. The Morgan fingerprint density at radius 2 is 1.74 bits per heavy atom. The van der Waals surface area contributed by atoms with E-state index in [9.17, 15) is 14.4 Å². The highest BCUT2D eigenvalue weighted by Crippen LogP contribution is 2.42. The Labute approximate surface area is 229 Å². The normalized spacial score (nSPS) is 22.1. The van der Waals surface area contributed by atoms with Crippen molar-refractivity contribution in [2.45, 2.75) is 122 Å². The van der Waals surface area contributed by atoms with Crippen LogP contribution in [0.2, 0.25) is 0 Å². The molecule has 1 aromatic rings. The average molecular weight is 529 g/mol. The van der Waals surface area contributed by atoms with Gasteiger partial charge in [0.05, 0.1) is 19.3 Å². The van der Waals surface area contributed by atoms with Crippen LogP contribution < -0.4 is 5.32 Å². The van der Waals surface area contributed by atoms with Crippen molar-refractivity contribution in [3.05, 3.63) is 35.9 Å². The summed E-state index contributed by atoms with van der Waals surface area (Å²) >= 11 is 0. The number of esters is 2. The number of amides is 1. The molecule has 0 bridgehead atoms. The summed E-state index contributed by atoms with van der Waals surface area (Å²) in [5.74, 6) is -0.413. The minimum Gasteiger partial charge on any atom is -0.465 e. The summed E-state index contributed by atoms with van der Waals surface area (Å²) < 4.78 is 11.0. The van der Waals surface area contributed by atoms with Crippen molar-refractivity contribution in [2.75, 3.05) is 13.2 Å². The third kappa shape index (κ3) is 8.55. The highest BCUT2D eigenvalue weighted by atomic mass is 16.5. The van der Waals surface area contributed by atoms with Crippen LogP contribution in [0.15, 0.2) is 30.3 Å². The second kappa shape index (κ2) is 15.9. The second-order valence-corrected chi connectivity index (χ2v) is 10.9. The van der Waals surface area contributed by atoms with Gasteiger partial charge in [0.2, 0.25) is 5.91 Å². The number of hydrogen-bond donors (Lipinski definition) is 1. The number of carbonyl (C=O) groups excluding carboxylic acids is 3. The standard InChI is InChI=1S/C31H48N2O5/c1-4-6-7-8-9-13-21-38-31(36)28-22-25-17-14-18-27(25)33(28)29(34)23(3)32-26(30(35)37-5-2)20-19-24-15-11-10-12-16-24/h10-12,15-16,23,25-28,32H,4-9,13-14,17-22H2,1-3H3/t23-,25?,26?,27?,28?/m0/s1. The van der Waals surface area contributed by atoms with Gasteiger partial charge >= 0.3 is 11.9 Å². The Morgan fingerprint density at radius 3 is 2.47 bits per heavy atom. The van der Waals surface area contributed by atoms with Gasteiger partial charge in [0.25, 0.3) is 0 Å². The van der Waals surface area contributed by atoms with Crippen molar-refractivity contribution < 1.29 is 23.9 Å². The Kier molecular flexibility index (Phi) is 12.6. The lowest BCUT2D eigenvalue weighted by Gasteiger charge is -2.32. The molecule has 212 valence electrons. The van der Waals surface area contributed by atoms with E-state index >= 15 is 0 Å². The molecule has 0 spiro atoms. The fourth-order valence-corrected chi connectivity index (χ4v) is 6.03. The number of nitrogens with one attached hydrogen (secondary N) is 1. The van der Waals surface area contributed by atoms with Gasteiger partial charge in [-0.3, -0.25) is 14.9 Å². The molecule has 1 amide bonds. The smallest absolute Gasteiger partial charge is 0.328 e. The SMILES string of the molecule is CCCCCCCCOC(=O)C1CC2CCCC2N1C(=O)[C@H](C)NC(CCc1ccccc1)C(=O)OCC. The minimum atomic E-state index is -0.617. The van der Waals surface area contributed by atoms with E-state index in [4.69, 9.17) is 9.47 Å². The molecule has 7 nitrogen and oxygen atoms in total. The van der Waals surface area contributed by atoms with Gasteiger partial charge in [-0.15, -0.1) is 0 Å². The van der Waals surface area contributed by atoms with Crippen LogP contribution in [-0.4, -0.2) is 60.1 Å². The predicted octanol–water partition coefficient (Wildman–Crippen LogP) is 5.20. The van der Waals surface area contributed by atoms with Gasteiger partial charge in [0.15, 0.2) is 0 Å². The maximum atomic E-state index is 13.8. The van der Waals surface area contributed by atoms with Gasteiger partial charge in [-0.2, -0.15) is 0 Å². The zero-order valence-corrected chi connectivity index (χ0v) is 23.7. The molecule has 7 heteroatoms. The zero-order valence-electron chi connectivity index (χ0n) is 23.7. The fourth-order valence-electron chi connectivity index (χ4n) is 6.03. The van der Waals surface area contributed by atoms with E-state index in [0.717, 1.165) is 37.7 Å². The van der Waals surface area contributed by atoms with Gasteiger partial charge < -0.3 is 14.4 Å². The molecular formula is C31H48N2O5. The molecule has 2 aliphatic rings. The Morgan fingerprint density at radius 1 is 1.00 bits per heavy atom. The van der Waals surface area contributed by atoms with Crippen molar-refractivity contribution in [3.8, 4) is 0 Å². The first kappa shape index (κ1) is 30.1. The first-order valence-corrected chi connectivity index (χ1v) is 14.9. The number of hydrogen-bond acceptors (Lipinski definition) is 6. The number of likely N-dealkylation sites (tertiary alicyclic amines) is 1. The first-order chi connectivity index (χ1) is 18.5. The van der Waals surface area contributed by atoms with E-state index in [2.05, 4.69) is 12.2 Å². The lowest BCUT2D eigenvalue weighted by molar-refractivity contribution is -0.156. The first-order valence-electron chi connectivity index (χ1n) is 14.9. The predicted molar refractivity (Wildman–Crippen MR) is 148 cm³/mol. The third-order valence-electron chi connectivity index (χ3n) is 8.06. The van der Waals surface area contributed by atoms with Crippen LogP contribution in [0.25, 0.3) is 0 Å². The van der Waals surface area contributed by atoms with Gasteiger partial charge in [-0.1, -0.05) is 75.8 Å². The summed E-state index contributed by atoms with van der Waals surface area (Å²) in [4.78, 5) is 41.4. The monoisotopic (exact) mass is 528 g/mol. The molecule has 4 unspecified atom stereocenters. The highest BCUT2D eigenvalue weighted by Gasteiger charge is 2.50. The molecular weight excluding hydrogens is 480 g/mol. The average Bonchev–Trinajstić information content (AvgIpc) is 3.52. The number of benzene rings is 1. The molecule has 0 aromatic heterocycles. The number of carbonyl (C=O) groups is 3. The molecule has 1 aromatic carbocycles. The van der Waals surface area contributed by atoms with Crippen LogP contribution in [0, 0.1) is 5.92 Å². The number of unbranched alkanes of at least 4 members (excludes halogenated alkanes) is 5. The molecule has 2 fully saturated rings. The van der Waals surface area contributed by atoms with Gasteiger partial charge in [0, 0.05) is 6.04 Å². The number of rotatable bonds is 16. The molecule has 1 heterocycles. The van der Waals surface area contributed by atoms with Crippen LogP contribution in [0.4, 0.5) is 0 Å². The summed E-state index contributed by atoms with van der Waals surface area (Å²) in [7, 11) is 0. The summed E-state index contributed by atoms with van der Waals surface area (Å²) in [5, 5.41) is 3.25. The Balaban J connectivity index is 1.60. The van der Waals surface area contributed by atoms with Crippen molar-refractivity contribution in [2.24, 2.45) is 5.92 Å². The summed E-state index contributed by atoms with van der Waals surface area (Å²) in [6.07, 6.45) is 11.7. The topological polar surface area (TPSA) is 84.9 Å². The van der Waals surface area contributed by atoms with Crippen molar-refractivity contribution in [1.82, 2.24) is 10.2 Å². The van der Waals surface area contributed by atoms with Crippen LogP contribution in [-0.2, 0) is 30.3 Å². The van der Waals surface area contributed by atoms with E-state index in [0.29, 0.717) is 31.8 Å². The largest absolute Gasteiger partial charge is 0.465 e. The highest BCUT2D eigenvalue weighted by molar-refractivity contribution is 5.89. The van der Waals surface area contributed by atoms with E-state index < -0.39 is 18.1 Å². The number of nitrogens with zero attached hydrogens (tertiary/aromatic N) is 1. The zero-order chi connectivity index (χ0) is 27.3. The molecule has 1 aliphatic carbocycles. The van der Waals surface area contributed by atoms with Crippen molar-refractivity contribution >= 4 is 17.8 Å². The maximum Gasteiger partial charge on any atom is 0.328 e. The van der Waals surface area contributed by atoms with Gasteiger partial charge in [-0.25, -0.2) is 4.79 Å². The summed E-state index contributed by atoms with van der Waals surface area (Å²) in [6.45, 7) is 6.47. The number of aryl methyl sites for hydroxylation is 1. The van der Waals surface area contributed by atoms with Gasteiger partial charge in [0.1, 0.15) is 12.1 Å². The lowest BCUT2D eigenvalue weighted by Crippen LogP contribution is -2.55. The van der Waals surface area contributed by atoms with Crippen LogP contribution in [0.5, 0.6) is 0 Å². The number of ether oxygens (including phenoxy) is 2. The fraction of sp³-hybridized carbons (Fsp3) is 0.710. The van der Waals surface area contributed by atoms with E-state index in [1.54, 1.807) is 18.7 Å². The molecule has 1 N–H and O–H groups in total. The molecule has 1 saturated carbocycles. The molecule has 1 saturated heterocycles. The van der Waals surface area contributed by atoms with Crippen LogP contribution >= 0.6 is 0 Å². The molecule has 38 heavy (non-hydrogen) atoms. The molecule has 3 rings (SSSR count). The summed E-state index contributed by atoms with van der Waals surface area (Å²) in [5.41, 5.74) is 1.13. The van der Waals surface area contributed by atoms with Crippen LogP contribution in [0.3, 0.4) is 0 Å². The molecule has 1 aliphatic heterocycles. The van der Waals surface area contributed by atoms with Crippen LogP contribution in [0.1, 0.15) is 97.0 Å². The summed E-state index contributed by atoms with van der Waals surface area (Å²) in [6, 6.07) is 8.30. The lowest BCUT2D eigenvalue weighted by atomic mass is 10.0. The molecule has 5 atom stereocenters. The Hall–Kier alpha value is -2.41. The third-order valence-corrected chi connectivity index (χ3v) is 8.06. The van der Waals surface area contributed by atoms with Gasteiger partial charge in [-0.05, 0) is 63.9 Å². The van der Waals surface area contributed by atoms with Crippen molar-refractivity contribution in [3.63, 3.8) is 0 Å². The van der Waals surface area contributed by atoms with E-state index in [-0.39, 0.29) is 30.5 Å².